The van der Waals surface area contributed by atoms with Gasteiger partial charge in [0.25, 0.3) is 0 Å². The Labute approximate surface area is 122 Å². The van der Waals surface area contributed by atoms with E-state index in [1.54, 1.807) is 0 Å². The van der Waals surface area contributed by atoms with Crippen molar-refractivity contribution in [2.24, 2.45) is 5.92 Å². The minimum Gasteiger partial charge on any atom is -0.356 e. The largest absolute Gasteiger partial charge is 0.356 e. The van der Waals surface area contributed by atoms with Crippen molar-refractivity contribution in [1.29, 1.82) is 0 Å². The summed E-state index contributed by atoms with van der Waals surface area (Å²) in [4.78, 5) is 11.7. The Bertz CT molecular complexity index is 384. The van der Waals surface area contributed by atoms with E-state index < -0.39 is 0 Å². The molecule has 0 bridgehead atoms. The topological polar surface area (TPSA) is 29.1 Å². The summed E-state index contributed by atoms with van der Waals surface area (Å²) in [5.41, 5.74) is 1.02. The van der Waals surface area contributed by atoms with Gasteiger partial charge < -0.3 is 5.32 Å². The van der Waals surface area contributed by atoms with Crippen LogP contribution >= 0.6 is 27.5 Å². The number of hydrogen-bond acceptors (Lipinski definition) is 1. The first kappa shape index (κ1) is 15.5. The number of amides is 1. The van der Waals surface area contributed by atoms with E-state index in [1.807, 2.05) is 24.3 Å². The molecule has 1 unspecified atom stereocenters. The molecule has 1 aromatic carbocycles. The van der Waals surface area contributed by atoms with Gasteiger partial charge in [0.05, 0.1) is 6.42 Å². The fraction of sp³-hybridized carbons (Fsp3) is 0.500. The quantitative estimate of drug-likeness (QED) is 0.598. The van der Waals surface area contributed by atoms with Crippen LogP contribution < -0.4 is 5.32 Å². The molecule has 4 heteroatoms. The molecule has 1 N–H and O–H groups in total. The van der Waals surface area contributed by atoms with Gasteiger partial charge in [-0.15, -0.1) is 11.6 Å². The molecule has 0 fully saturated rings. The maximum Gasteiger partial charge on any atom is 0.224 e. The van der Waals surface area contributed by atoms with Crippen LogP contribution in [0.25, 0.3) is 0 Å². The smallest absolute Gasteiger partial charge is 0.224 e. The highest BCUT2D eigenvalue weighted by molar-refractivity contribution is 9.10. The second kappa shape index (κ2) is 8.54. The first-order valence-electron chi connectivity index (χ1n) is 6.19. The number of benzene rings is 1. The summed E-state index contributed by atoms with van der Waals surface area (Å²) < 4.78 is 1.00. The average Bonchev–Trinajstić information content (AvgIpc) is 2.34. The van der Waals surface area contributed by atoms with Crippen LogP contribution in [0.2, 0.25) is 0 Å². The monoisotopic (exact) mass is 331 g/mol. The van der Waals surface area contributed by atoms with Crippen LogP contribution in [0.3, 0.4) is 0 Å². The van der Waals surface area contributed by atoms with Gasteiger partial charge in [0.1, 0.15) is 0 Å². The Morgan fingerprint density at radius 2 is 2.28 bits per heavy atom. The Balaban J connectivity index is 2.22. The lowest BCUT2D eigenvalue weighted by Crippen LogP contribution is -2.26. The third-order valence-electron chi connectivity index (χ3n) is 2.71. The van der Waals surface area contributed by atoms with Crippen LogP contribution in [0.4, 0.5) is 0 Å². The lowest BCUT2D eigenvalue weighted by molar-refractivity contribution is -0.120. The van der Waals surface area contributed by atoms with Gasteiger partial charge in [-0.25, -0.2) is 0 Å². The molecule has 0 radical (unpaired) electrons. The lowest BCUT2D eigenvalue weighted by Gasteiger charge is -2.08. The highest BCUT2D eigenvalue weighted by Gasteiger charge is 2.04. The van der Waals surface area contributed by atoms with Crippen molar-refractivity contribution in [1.82, 2.24) is 5.32 Å². The minimum atomic E-state index is 0.0756. The Morgan fingerprint density at radius 3 is 2.94 bits per heavy atom. The number of alkyl halides is 1. The van der Waals surface area contributed by atoms with Crippen molar-refractivity contribution in [2.45, 2.75) is 26.2 Å². The van der Waals surface area contributed by atoms with Gasteiger partial charge in [0.15, 0.2) is 0 Å². The molecule has 0 saturated carbocycles. The second-order valence-electron chi connectivity index (χ2n) is 4.56. The molecule has 2 nitrogen and oxygen atoms in total. The van der Waals surface area contributed by atoms with E-state index in [2.05, 4.69) is 28.2 Å². The first-order chi connectivity index (χ1) is 8.61. The molecule has 1 aromatic rings. The Kier molecular flexibility index (Phi) is 7.36. The third-order valence-corrected chi connectivity index (χ3v) is 3.73. The summed E-state index contributed by atoms with van der Waals surface area (Å²) in [6, 6.07) is 7.82. The van der Waals surface area contributed by atoms with E-state index in [0.29, 0.717) is 18.2 Å². The Morgan fingerprint density at radius 1 is 1.50 bits per heavy atom. The van der Waals surface area contributed by atoms with E-state index in [-0.39, 0.29) is 5.91 Å². The zero-order chi connectivity index (χ0) is 13.4. The van der Waals surface area contributed by atoms with Crippen LogP contribution in [-0.4, -0.2) is 18.3 Å². The van der Waals surface area contributed by atoms with E-state index in [9.17, 15) is 4.79 Å². The van der Waals surface area contributed by atoms with Crippen molar-refractivity contribution in [3.05, 3.63) is 34.3 Å². The van der Waals surface area contributed by atoms with Crippen LogP contribution in [0.1, 0.15) is 25.3 Å². The normalized spacial score (nSPS) is 12.2. The number of nitrogens with one attached hydrogen (secondary N) is 1. The fourth-order valence-corrected chi connectivity index (χ4v) is 2.25. The third kappa shape index (κ3) is 6.41. The number of halogens is 2. The number of rotatable bonds is 7. The summed E-state index contributed by atoms with van der Waals surface area (Å²) in [6.07, 6.45) is 2.48. The van der Waals surface area contributed by atoms with Crippen LogP contribution in [0.5, 0.6) is 0 Å². The molecule has 0 aliphatic heterocycles. The summed E-state index contributed by atoms with van der Waals surface area (Å²) in [7, 11) is 0. The second-order valence-corrected chi connectivity index (χ2v) is 5.78. The van der Waals surface area contributed by atoms with Crippen molar-refractivity contribution >= 4 is 33.4 Å². The molecule has 0 aliphatic rings. The van der Waals surface area contributed by atoms with Gasteiger partial charge in [-0.3, -0.25) is 4.79 Å². The summed E-state index contributed by atoms with van der Waals surface area (Å²) >= 11 is 9.12. The van der Waals surface area contributed by atoms with E-state index in [0.717, 1.165) is 29.4 Å². The molecule has 0 heterocycles. The average molecular weight is 333 g/mol. The molecule has 1 amide bonds. The maximum atomic E-state index is 11.7. The van der Waals surface area contributed by atoms with Gasteiger partial charge >= 0.3 is 0 Å². The van der Waals surface area contributed by atoms with Crippen molar-refractivity contribution in [3.63, 3.8) is 0 Å². The van der Waals surface area contributed by atoms with Crippen molar-refractivity contribution in [3.8, 4) is 0 Å². The van der Waals surface area contributed by atoms with E-state index in [1.165, 1.54) is 0 Å². The Hall–Kier alpha value is -0.540. The van der Waals surface area contributed by atoms with Crippen LogP contribution in [0, 0.1) is 5.92 Å². The lowest BCUT2D eigenvalue weighted by atomic mass is 10.1. The fourth-order valence-electron chi connectivity index (χ4n) is 1.65. The highest BCUT2D eigenvalue weighted by Crippen LogP contribution is 2.12. The van der Waals surface area contributed by atoms with Gasteiger partial charge in [-0.2, -0.15) is 0 Å². The molecule has 1 atom stereocenters. The summed E-state index contributed by atoms with van der Waals surface area (Å²) in [5.74, 6) is 1.28. The molecule has 100 valence electrons. The molecule has 18 heavy (non-hydrogen) atoms. The molecule has 0 aliphatic carbocycles. The van der Waals surface area contributed by atoms with Gasteiger partial charge in [-0.05, 0) is 36.5 Å². The zero-order valence-electron chi connectivity index (χ0n) is 10.6. The zero-order valence-corrected chi connectivity index (χ0v) is 12.9. The number of carbonyl (C=O) groups is 1. The van der Waals surface area contributed by atoms with E-state index >= 15 is 0 Å². The molecular formula is C14H19BrClNO. The number of carbonyl (C=O) groups excluding carboxylic acids is 1. The summed E-state index contributed by atoms with van der Waals surface area (Å²) in [6.45, 7) is 2.85. The molecule has 0 aromatic heterocycles. The van der Waals surface area contributed by atoms with Crippen LogP contribution in [-0.2, 0) is 11.2 Å². The van der Waals surface area contributed by atoms with Gasteiger partial charge in [0.2, 0.25) is 5.91 Å². The SMILES string of the molecule is CC(CCl)CCCNC(=O)Cc1cccc(Br)c1. The molecular weight excluding hydrogens is 314 g/mol. The van der Waals surface area contributed by atoms with Gasteiger partial charge in [0, 0.05) is 16.9 Å². The number of hydrogen-bond donors (Lipinski definition) is 1. The first-order valence-corrected chi connectivity index (χ1v) is 7.51. The predicted octanol–water partition coefficient (Wildman–Crippen LogP) is 3.76. The van der Waals surface area contributed by atoms with Crippen molar-refractivity contribution < 1.29 is 4.79 Å². The standard InChI is InChI=1S/C14H19BrClNO/c1-11(10-16)4-3-7-17-14(18)9-12-5-2-6-13(15)8-12/h2,5-6,8,11H,3-4,7,9-10H2,1H3,(H,17,18). The molecule has 1 rings (SSSR count). The predicted molar refractivity (Wildman–Crippen MR) is 80.0 cm³/mol. The molecule has 0 spiro atoms. The van der Waals surface area contributed by atoms with E-state index in [4.69, 9.17) is 11.6 Å². The minimum absolute atomic E-state index is 0.0756. The summed E-state index contributed by atoms with van der Waals surface area (Å²) in [5, 5.41) is 2.93. The maximum absolute atomic E-state index is 11.7. The highest BCUT2D eigenvalue weighted by atomic mass is 79.9. The van der Waals surface area contributed by atoms with Crippen molar-refractivity contribution in [2.75, 3.05) is 12.4 Å². The van der Waals surface area contributed by atoms with Gasteiger partial charge in [-0.1, -0.05) is 35.0 Å². The molecule has 0 saturated heterocycles. The van der Waals surface area contributed by atoms with Crippen LogP contribution in [0.15, 0.2) is 28.7 Å².